The van der Waals surface area contributed by atoms with E-state index in [1.807, 2.05) is 49.4 Å². The topological polar surface area (TPSA) is 87.8 Å². The Balaban J connectivity index is 1.66. The second-order valence-corrected chi connectivity index (χ2v) is 7.11. The predicted molar refractivity (Wildman–Crippen MR) is 105 cm³/mol. The monoisotopic (exact) mass is 368 g/mol. The molecule has 134 valence electrons. The lowest BCUT2D eigenvalue weighted by Gasteiger charge is -2.14. The fourth-order valence-corrected chi connectivity index (χ4v) is 3.48. The van der Waals surface area contributed by atoms with E-state index in [0.717, 1.165) is 4.90 Å². The molecule has 0 bridgehead atoms. The van der Waals surface area contributed by atoms with Crippen molar-refractivity contribution in [3.05, 3.63) is 54.6 Å². The summed E-state index contributed by atoms with van der Waals surface area (Å²) in [7, 11) is 0. The molecule has 2 aromatic carbocycles. The van der Waals surface area contributed by atoms with E-state index in [2.05, 4.69) is 10.4 Å². The maximum atomic E-state index is 12.6. The number of thioether (sulfide) groups is 1. The number of anilines is 2. The van der Waals surface area contributed by atoms with Crippen LogP contribution in [0.5, 0.6) is 0 Å². The Labute approximate surface area is 156 Å². The number of nitrogen functional groups attached to an aromatic ring is 1. The van der Waals surface area contributed by atoms with E-state index in [1.54, 1.807) is 12.1 Å². The van der Waals surface area contributed by atoms with Gasteiger partial charge < -0.3 is 11.1 Å². The first-order valence-electron chi connectivity index (χ1n) is 8.35. The molecule has 1 heterocycles. The van der Waals surface area contributed by atoms with Crippen molar-refractivity contribution in [2.45, 2.75) is 29.9 Å². The van der Waals surface area contributed by atoms with E-state index < -0.39 is 0 Å². The second-order valence-electron chi connectivity index (χ2n) is 5.84. The van der Waals surface area contributed by atoms with E-state index >= 15 is 0 Å². The summed E-state index contributed by atoms with van der Waals surface area (Å²) in [6.45, 7) is 1.95. The van der Waals surface area contributed by atoms with Crippen LogP contribution in [0.2, 0.25) is 0 Å². The molecule has 0 fully saturated rings. The zero-order valence-corrected chi connectivity index (χ0v) is 15.2. The highest BCUT2D eigenvalue weighted by Crippen LogP contribution is 2.26. The highest BCUT2D eigenvalue weighted by atomic mass is 32.2. The third kappa shape index (κ3) is 4.23. The van der Waals surface area contributed by atoms with Crippen molar-refractivity contribution in [2.24, 2.45) is 5.10 Å². The van der Waals surface area contributed by atoms with E-state index in [4.69, 9.17) is 5.73 Å². The molecule has 26 heavy (non-hydrogen) atoms. The van der Waals surface area contributed by atoms with Crippen molar-refractivity contribution >= 4 is 40.8 Å². The maximum Gasteiger partial charge on any atom is 0.255 e. The number of benzene rings is 2. The average molecular weight is 368 g/mol. The number of hydrogen-bond donors (Lipinski definition) is 2. The van der Waals surface area contributed by atoms with Crippen molar-refractivity contribution < 1.29 is 9.59 Å². The van der Waals surface area contributed by atoms with E-state index in [0.29, 0.717) is 23.6 Å². The summed E-state index contributed by atoms with van der Waals surface area (Å²) in [6, 6.07) is 16.6. The van der Waals surface area contributed by atoms with Crippen molar-refractivity contribution in [1.82, 2.24) is 5.32 Å². The molecular weight excluding hydrogens is 348 g/mol. The van der Waals surface area contributed by atoms with Gasteiger partial charge in [-0.3, -0.25) is 9.59 Å². The molecule has 2 aromatic rings. The van der Waals surface area contributed by atoms with E-state index in [1.165, 1.54) is 16.8 Å². The van der Waals surface area contributed by atoms with Gasteiger partial charge in [-0.2, -0.15) is 10.1 Å². The molecule has 0 spiro atoms. The fourth-order valence-electron chi connectivity index (χ4n) is 2.53. The zero-order chi connectivity index (χ0) is 18.5. The van der Waals surface area contributed by atoms with Gasteiger partial charge in [0, 0.05) is 10.6 Å². The van der Waals surface area contributed by atoms with Gasteiger partial charge >= 0.3 is 0 Å². The van der Waals surface area contributed by atoms with Crippen LogP contribution in [-0.4, -0.2) is 22.9 Å². The zero-order valence-electron chi connectivity index (χ0n) is 14.4. The Hall–Kier alpha value is -2.80. The summed E-state index contributed by atoms with van der Waals surface area (Å²) in [6.07, 6.45) is 0.744. The minimum atomic E-state index is -0.276. The summed E-state index contributed by atoms with van der Waals surface area (Å²) in [4.78, 5) is 25.7. The van der Waals surface area contributed by atoms with Gasteiger partial charge in [-0.05, 0) is 42.8 Å². The van der Waals surface area contributed by atoms with Gasteiger partial charge in [-0.15, -0.1) is 11.8 Å². The number of para-hydroxylation sites is 1. The first kappa shape index (κ1) is 18.0. The summed E-state index contributed by atoms with van der Waals surface area (Å²) >= 11 is 1.47. The van der Waals surface area contributed by atoms with Crippen LogP contribution in [0.25, 0.3) is 0 Å². The lowest BCUT2D eigenvalue weighted by atomic mass is 10.3. The Morgan fingerprint density at radius 3 is 2.58 bits per heavy atom. The quantitative estimate of drug-likeness (QED) is 0.627. The molecule has 0 aliphatic carbocycles. The van der Waals surface area contributed by atoms with Crippen molar-refractivity contribution in [3.8, 4) is 0 Å². The number of amidine groups is 1. The van der Waals surface area contributed by atoms with Gasteiger partial charge in [0.05, 0.1) is 17.4 Å². The summed E-state index contributed by atoms with van der Waals surface area (Å²) < 4.78 is 0. The average Bonchev–Trinajstić information content (AvgIpc) is 3.02. The molecule has 0 saturated heterocycles. The SMILES string of the molecule is CCC(Sc1ccc(N)cc1)C(=O)NC1=NN(c2ccccc2)C(=O)C1. The number of carbonyl (C=O) groups excluding carboxylic acids is 2. The molecule has 2 amide bonds. The van der Waals surface area contributed by atoms with Crippen LogP contribution in [0.1, 0.15) is 19.8 Å². The smallest absolute Gasteiger partial charge is 0.255 e. The number of amides is 2. The molecule has 7 heteroatoms. The number of nitrogens with one attached hydrogen (secondary N) is 1. The number of nitrogens with two attached hydrogens (primary N) is 1. The first-order chi connectivity index (χ1) is 12.6. The molecule has 1 atom stereocenters. The summed E-state index contributed by atoms with van der Waals surface area (Å²) in [5, 5.41) is 8.10. The lowest BCUT2D eigenvalue weighted by molar-refractivity contribution is -0.119. The normalized spacial score (nSPS) is 14.9. The Morgan fingerprint density at radius 2 is 1.92 bits per heavy atom. The van der Waals surface area contributed by atoms with Crippen molar-refractivity contribution in [3.63, 3.8) is 0 Å². The van der Waals surface area contributed by atoms with Crippen LogP contribution < -0.4 is 16.1 Å². The largest absolute Gasteiger partial charge is 0.399 e. The van der Waals surface area contributed by atoms with Crippen LogP contribution in [-0.2, 0) is 9.59 Å². The number of rotatable bonds is 5. The molecule has 1 aliphatic rings. The minimum Gasteiger partial charge on any atom is -0.399 e. The van der Waals surface area contributed by atoms with Crippen LogP contribution in [0, 0.1) is 0 Å². The Bertz CT molecular complexity index is 821. The van der Waals surface area contributed by atoms with Gasteiger partial charge in [-0.25, -0.2) is 0 Å². The number of hydrazone groups is 1. The first-order valence-corrected chi connectivity index (χ1v) is 9.23. The molecule has 6 nitrogen and oxygen atoms in total. The van der Waals surface area contributed by atoms with Gasteiger partial charge in [0.1, 0.15) is 5.84 Å². The Morgan fingerprint density at radius 1 is 1.23 bits per heavy atom. The van der Waals surface area contributed by atoms with Crippen LogP contribution in [0.4, 0.5) is 11.4 Å². The van der Waals surface area contributed by atoms with Crippen LogP contribution >= 0.6 is 11.8 Å². The maximum absolute atomic E-state index is 12.6. The molecule has 3 rings (SSSR count). The highest BCUT2D eigenvalue weighted by Gasteiger charge is 2.28. The van der Waals surface area contributed by atoms with Gasteiger partial charge in [0.25, 0.3) is 5.91 Å². The van der Waals surface area contributed by atoms with Crippen molar-refractivity contribution in [2.75, 3.05) is 10.7 Å². The molecule has 0 radical (unpaired) electrons. The molecule has 0 aromatic heterocycles. The molecule has 0 saturated carbocycles. The van der Waals surface area contributed by atoms with Gasteiger partial charge in [0.15, 0.2) is 0 Å². The van der Waals surface area contributed by atoms with Gasteiger partial charge in [-0.1, -0.05) is 25.1 Å². The molecule has 1 unspecified atom stereocenters. The number of hydrogen-bond acceptors (Lipinski definition) is 5. The highest BCUT2D eigenvalue weighted by molar-refractivity contribution is 8.00. The van der Waals surface area contributed by atoms with Gasteiger partial charge in [0.2, 0.25) is 5.91 Å². The second kappa shape index (κ2) is 8.05. The third-order valence-corrected chi connectivity index (χ3v) is 5.24. The molecular formula is C19H20N4O2S. The molecule has 1 aliphatic heterocycles. The number of nitrogens with zero attached hydrogens (tertiary/aromatic N) is 2. The third-order valence-electron chi connectivity index (χ3n) is 3.87. The lowest BCUT2D eigenvalue weighted by Crippen LogP contribution is -2.36. The van der Waals surface area contributed by atoms with E-state index in [-0.39, 0.29) is 23.5 Å². The van der Waals surface area contributed by atoms with Crippen LogP contribution in [0.3, 0.4) is 0 Å². The number of carbonyl (C=O) groups is 2. The Kier molecular flexibility index (Phi) is 5.58. The molecule has 3 N–H and O–H groups in total. The minimum absolute atomic E-state index is 0.0869. The van der Waals surface area contributed by atoms with Crippen molar-refractivity contribution in [1.29, 1.82) is 0 Å². The predicted octanol–water partition coefficient (Wildman–Crippen LogP) is 3.01. The van der Waals surface area contributed by atoms with Crippen LogP contribution in [0.15, 0.2) is 64.6 Å². The standard InChI is InChI=1S/C19H20N4O2S/c1-2-16(26-15-10-8-13(20)9-11-15)19(25)21-17-12-18(24)23(22-17)14-6-4-3-5-7-14/h3-11,16H,2,12,20H2,1H3,(H,21,22,25). The fraction of sp³-hybridized carbons (Fsp3) is 0.211. The summed E-state index contributed by atoms with van der Waals surface area (Å²) in [5.74, 6) is 0.0572. The van der Waals surface area contributed by atoms with E-state index in [9.17, 15) is 9.59 Å². The summed E-state index contributed by atoms with van der Waals surface area (Å²) in [5.41, 5.74) is 7.06.